The van der Waals surface area contributed by atoms with Crippen LogP contribution in [0.3, 0.4) is 0 Å². The molecule has 2 aromatic rings. The van der Waals surface area contributed by atoms with Crippen LogP contribution in [-0.4, -0.2) is 28.2 Å². The molecule has 0 radical (unpaired) electrons. The smallest absolute Gasteiger partial charge is 0.311 e. The van der Waals surface area contributed by atoms with Crippen LogP contribution in [0.5, 0.6) is 0 Å². The molecule has 0 aliphatic rings. The van der Waals surface area contributed by atoms with Gasteiger partial charge in [0.05, 0.1) is 18.7 Å². The zero-order chi connectivity index (χ0) is 12.3. The first kappa shape index (κ1) is 11.3. The minimum Gasteiger partial charge on any atom is -0.466 e. The molecule has 5 heteroatoms. The molecule has 0 saturated heterocycles. The Kier molecular flexibility index (Phi) is 3.18. The number of nitrogens with zero attached hydrogens (tertiary/aromatic N) is 2. The average Bonchev–Trinajstić information content (AvgIpc) is 2.69. The molecule has 2 heterocycles. The van der Waals surface area contributed by atoms with E-state index in [2.05, 4.69) is 4.98 Å². The minimum atomic E-state index is -0.300. The number of pyridine rings is 1. The number of aromatic nitrogens is 2. The van der Waals surface area contributed by atoms with Crippen LogP contribution in [-0.2, 0) is 16.0 Å². The number of ether oxygens (including phenoxy) is 1. The number of esters is 1. The maximum atomic E-state index is 11.3. The molecule has 0 amide bonds. The predicted molar refractivity (Wildman–Crippen MR) is 60.9 cm³/mol. The molecular formula is C12H12N2O3. The summed E-state index contributed by atoms with van der Waals surface area (Å²) in [6.07, 6.45) is 4.31. The first-order chi connectivity index (χ1) is 8.22. The number of hydrogen-bond acceptors (Lipinski definition) is 4. The van der Waals surface area contributed by atoms with Gasteiger partial charge in [0.25, 0.3) is 0 Å². The Hall–Kier alpha value is -2.17. The molecule has 5 nitrogen and oxygen atoms in total. The minimum absolute atomic E-state index is 0.145. The lowest BCUT2D eigenvalue weighted by Gasteiger charge is -1.97. The van der Waals surface area contributed by atoms with E-state index < -0.39 is 0 Å². The summed E-state index contributed by atoms with van der Waals surface area (Å²) in [4.78, 5) is 26.2. The van der Waals surface area contributed by atoms with Crippen molar-refractivity contribution < 1.29 is 14.3 Å². The number of rotatable bonds is 4. The zero-order valence-corrected chi connectivity index (χ0v) is 9.42. The lowest BCUT2D eigenvalue weighted by atomic mass is 10.3. The Bertz CT molecular complexity index is 560. The molecule has 17 heavy (non-hydrogen) atoms. The maximum Gasteiger partial charge on any atom is 0.311 e. The van der Waals surface area contributed by atoms with Gasteiger partial charge in [-0.25, -0.2) is 4.98 Å². The van der Waals surface area contributed by atoms with Crippen LogP contribution in [0.1, 0.15) is 23.0 Å². The zero-order valence-electron chi connectivity index (χ0n) is 9.42. The van der Waals surface area contributed by atoms with Gasteiger partial charge in [-0.2, -0.15) is 0 Å². The van der Waals surface area contributed by atoms with Crippen molar-refractivity contribution in [2.24, 2.45) is 0 Å². The number of fused-ring (bicyclic) bond motifs is 1. The number of carbonyl (C=O) groups excluding carboxylic acids is 2. The van der Waals surface area contributed by atoms with Gasteiger partial charge in [-0.15, -0.1) is 0 Å². The van der Waals surface area contributed by atoms with Crippen molar-refractivity contribution in [2.75, 3.05) is 6.61 Å². The third-order valence-corrected chi connectivity index (χ3v) is 2.29. The Morgan fingerprint density at radius 1 is 1.47 bits per heavy atom. The summed E-state index contributed by atoms with van der Waals surface area (Å²) in [5.74, 6) is -0.300. The molecule has 2 rings (SSSR count). The third kappa shape index (κ3) is 2.50. The second-order valence-electron chi connectivity index (χ2n) is 3.56. The van der Waals surface area contributed by atoms with Gasteiger partial charge in [0.15, 0.2) is 6.29 Å². The quantitative estimate of drug-likeness (QED) is 0.588. The van der Waals surface area contributed by atoms with Crippen LogP contribution >= 0.6 is 0 Å². The van der Waals surface area contributed by atoms with Gasteiger partial charge < -0.3 is 9.14 Å². The molecule has 88 valence electrons. The number of imidazole rings is 1. The van der Waals surface area contributed by atoms with Crippen molar-refractivity contribution in [1.82, 2.24) is 9.38 Å². The summed E-state index contributed by atoms with van der Waals surface area (Å²) < 4.78 is 6.56. The monoisotopic (exact) mass is 232 g/mol. The highest BCUT2D eigenvalue weighted by Crippen LogP contribution is 2.07. The van der Waals surface area contributed by atoms with Crippen molar-refractivity contribution in [1.29, 1.82) is 0 Å². The molecule has 0 saturated carbocycles. The molecule has 0 spiro atoms. The van der Waals surface area contributed by atoms with Crippen LogP contribution in [0.2, 0.25) is 0 Å². The Morgan fingerprint density at radius 3 is 3.00 bits per heavy atom. The molecule has 0 fully saturated rings. The SMILES string of the molecule is CCOC(=O)Cc1cn2cc(C=O)ccc2n1. The fourth-order valence-corrected chi connectivity index (χ4v) is 1.58. The summed E-state index contributed by atoms with van der Waals surface area (Å²) in [6, 6.07) is 3.42. The lowest BCUT2D eigenvalue weighted by Crippen LogP contribution is -2.07. The number of aldehydes is 1. The number of hydrogen-bond donors (Lipinski definition) is 0. The fourth-order valence-electron chi connectivity index (χ4n) is 1.58. The summed E-state index contributed by atoms with van der Waals surface area (Å²) in [5.41, 5.74) is 1.90. The molecule has 2 aromatic heterocycles. The summed E-state index contributed by atoms with van der Waals surface area (Å²) in [5, 5.41) is 0. The van der Waals surface area contributed by atoms with E-state index >= 15 is 0 Å². The molecule has 0 bridgehead atoms. The summed E-state index contributed by atoms with van der Waals surface area (Å²) in [7, 11) is 0. The van der Waals surface area contributed by atoms with Crippen LogP contribution in [0, 0.1) is 0 Å². The van der Waals surface area contributed by atoms with Gasteiger partial charge in [0.2, 0.25) is 0 Å². The maximum absolute atomic E-state index is 11.3. The molecule has 0 N–H and O–H groups in total. The largest absolute Gasteiger partial charge is 0.466 e. The van der Waals surface area contributed by atoms with Crippen molar-refractivity contribution in [3.63, 3.8) is 0 Å². The van der Waals surface area contributed by atoms with Gasteiger partial charge in [-0.1, -0.05) is 0 Å². The highest BCUT2D eigenvalue weighted by atomic mass is 16.5. The van der Waals surface area contributed by atoms with Crippen molar-refractivity contribution in [3.8, 4) is 0 Å². The lowest BCUT2D eigenvalue weighted by molar-refractivity contribution is -0.142. The second kappa shape index (κ2) is 4.78. The number of carbonyl (C=O) groups is 2. The highest BCUT2D eigenvalue weighted by molar-refractivity contribution is 5.75. The van der Waals surface area contributed by atoms with Gasteiger partial charge in [-0.05, 0) is 19.1 Å². The normalized spacial score (nSPS) is 10.4. The van der Waals surface area contributed by atoms with E-state index in [0.29, 0.717) is 23.5 Å². The van der Waals surface area contributed by atoms with Gasteiger partial charge in [-0.3, -0.25) is 9.59 Å². The Balaban J connectivity index is 2.25. The summed E-state index contributed by atoms with van der Waals surface area (Å²) >= 11 is 0. The highest BCUT2D eigenvalue weighted by Gasteiger charge is 2.08. The van der Waals surface area contributed by atoms with Gasteiger partial charge in [0, 0.05) is 18.0 Å². The van der Waals surface area contributed by atoms with Crippen molar-refractivity contribution in [3.05, 3.63) is 35.8 Å². The second-order valence-corrected chi connectivity index (χ2v) is 3.56. The van der Waals surface area contributed by atoms with E-state index in [0.717, 1.165) is 6.29 Å². The fraction of sp³-hybridized carbons (Fsp3) is 0.250. The van der Waals surface area contributed by atoms with Crippen molar-refractivity contribution in [2.45, 2.75) is 13.3 Å². The van der Waals surface area contributed by atoms with E-state index in [4.69, 9.17) is 4.74 Å². The predicted octanol–water partition coefficient (Wildman–Crippen LogP) is 1.25. The van der Waals surface area contributed by atoms with E-state index in [1.165, 1.54) is 0 Å². The third-order valence-electron chi connectivity index (χ3n) is 2.29. The molecule has 0 aromatic carbocycles. The van der Waals surface area contributed by atoms with Gasteiger partial charge >= 0.3 is 5.97 Å². The van der Waals surface area contributed by atoms with E-state index in [1.54, 1.807) is 35.9 Å². The molecule has 0 atom stereocenters. The Labute approximate surface area is 98.0 Å². The molecule has 0 unspecified atom stereocenters. The molecule has 0 aliphatic heterocycles. The van der Waals surface area contributed by atoms with Crippen LogP contribution < -0.4 is 0 Å². The van der Waals surface area contributed by atoms with Crippen LogP contribution in [0.25, 0.3) is 5.65 Å². The van der Waals surface area contributed by atoms with E-state index in [9.17, 15) is 9.59 Å². The van der Waals surface area contributed by atoms with Crippen LogP contribution in [0.15, 0.2) is 24.5 Å². The topological polar surface area (TPSA) is 60.7 Å². The molecule has 0 aliphatic carbocycles. The standard InChI is InChI=1S/C12H12N2O3/c1-2-17-12(16)5-10-7-14-6-9(8-15)3-4-11(14)13-10/h3-4,6-8H,2,5H2,1H3. The summed E-state index contributed by atoms with van der Waals surface area (Å²) in [6.45, 7) is 2.12. The first-order valence-electron chi connectivity index (χ1n) is 5.31. The molecular weight excluding hydrogens is 220 g/mol. The first-order valence-corrected chi connectivity index (χ1v) is 5.31. The van der Waals surface area contributed by atoms with Crippen LogP contribution in [0.4, 0.5) is 0 Å². The van der Waals surface area contributed by atoms with Gasteiger partial charge in [0.1, 0.15) is 5.65 Å². The Morgan fingerprint density at radius 2 is 2.29 bits per heavy atom. The van der Waals surface area contributed by atoms with E-state index in [1.807, 2.05) is 0 Å². The average molecular weight is 232 g/mol. The van der Waals surface area contributed by atoms with E-state index in [-0.39, 0.29) is 12.4 Å². The van der Waals surface area contributed by atoms with Crippen molar-refractivity contribution >= 4 is 17.9 Å².